The van der Waals surface area contributed by atoms with Crippen molar-refractivity contribution in [3.63, 3.8) is 0 Å². The Hall–Kier alpha value is -1.06. The molecule has 0 aromatic heterocycles. The Balaban J connectivity index is 4.06. The molecule has 0 aromatic carbocycles. The van der Waals surface area contributed by atoms with Crippen LogP contribution in [0.3, 0.4) is 0 Å². The van der Waals surface area contributed by atoms with Gasteiger partial charge in [0.2, 0.25) is 0 Å². The minimum Gasteiger partial charge on any atom is -0.481 e. The number of carbonyl (C=O) groups is 2. The molecule has 0 aliphatic carbocycles. The molecule has 0 aliphatic heterocycles. The minimum atomic E-state index is -0.808. The molecule has 0 radical (unpaired) electrons. The fourth-order valence-corrected chi connectivity index (χ4v) is 1.66. The van der Waals surface area contributed by atoms with E-state index in [0.29, 0.717) is 19.3 Å². The fourth-order valence-electron chi connectivity index (χ4n) is 1.66. The molecule has 0 fully saturated rings. The van der Waals surface area contributed by atoms with Crippen LogP contribution in [0, 0.1) is 11.8 Å². The number of rotatable bonds is 8. The molecule has 0 rings (SSSR count). The summed E-state index contributed by atoms with van der Waals surface area (Å²) < 4.78 is 0. The highest BCUT2D eigenvalue weighted by molar-refractivity contribution is 5.70. The fraction of sp³-hybridized carbons (Fsp3) is 0.818. The molecule has 2 N–H and O–H groups in total. The number of carboxylic acids is 2. The quantitative estimate of drug-likeness (QED) is 0.653. The summed E-state index contributed by atoms with van der Waals surface area (Å²) in [6.45, 7) is 3.82. The maximum absolute atomic E-state index is 10.8. The normalized spacial score (nSPS) is 14.5. The Morgan fingerprint density at radius 2 is 1.73 bits per heavy atom. The van der Waals surface area contributed by atoms with Crippen molar-refractivity contribution in [1.29, 1.82) is 0 Å². The summed E-state index contributed by atoms with van der Waals surface area (Å²) in [5.74, 6) is -1.70. The third kappa shape index (κ3) is 6.10. The topological polar surface area (TPSA) is 74.6 Å². The van der Waals surface area contributed by atoms with E-state index in [2.05, 4.69) is 0 Å². The van der Waals surface area contributed by atoms with Gasteiger partial charge in [0.05, 0.1) is 5.92 Å². The predicted molar refractivity (Wildman–Crippen MR) is 56.7 cm³/mol. The molecule has 0 spiro atoms. The van der Waals surface area contributed by atoms with Gasteiger partial charge in [0, 0.05) is 6.42 Å². The first-order valence-electron chi connectivity index (χ1n) is 5.45. The minimum absolute atomic E-state index is 0.133. The van der Waals surface area contributed by atoms with Crippen molar-refractivity contribution >= 4 is 11.9 Å². The van der Waals surface area contributed by atoms with Crippen LogP contribution in [0.4, 0.5) is 0 Å². The number of aliphatic carboxylic acids is 2. The van der Waals surface area contributed by atoms with Crippen molar-refractivity contribution in [2.24, 2.45) is 11.8 Å². The predicted octanol–water partition coefficient (Wildman–Crippen LogP) is 2.38. The molecule has 88 valence electrons. The molecule has 0 amide bonds. The second-order valence-corrected chi connectivity index (χ2v) is 3.89. The van der Waals surface area contributed by atoms with Crippen LogP contribution in [0.5, 0.6) is 0 Å². The SMILES string of the molecule is CCC(CCC(=O)O)CC(CC)C(=O)O. The van der Waals surface area contributed by atoms with E-state index in [1.54, 1.807) is 0 Å². The third-order valence-electron chi connectivity index (χ3n) is 2.80. The summed E-state index contributed by atoms with van der Waals surface area (Å²) in [6, 6.07) is 0. The Labute approximate surface area is 90.3 Å². The molecule has 0 bridgehead atoms. The lowest BCUT2D eigenvalue weighted by Crippen LogP contribution is -2.17. The molecule has 0 aliphatic rings. The molecule has 2 atom stereocenters. The van der Waals surface area contributed by atoms with Crippen LogP contribution in [-0.2, 0) is 9.59 Å². The molecule has 4 heteroatoms. The van der Waals surface area contributed by atoms with Crippen molar-refractivity contribution in [2.75, 3.05) is 0 Å². The lowest BCUT2D eigenvalue weighted by atomic mass is 9.88. The molecule has 15 heavy (non-hydrogen) atoms. The van der Waals surface area contributed by atoms with Crippen LogP contribution in [0.2, 0.25) is 0 Å². The van der Waals surface area contributed by atoms with Crippen molar-refractivity contribution in [1.82, 2.24) is 0 Å². The van der Waals surface area contributed by atoms with E-state index in [4.69, 9.17) is 10.2 Å². The van der Waals surface area contributed by atoms with Crippen LogP contribution >= 0.6 is 0 Å². The van der Waals surface area contributed by atoms with E-state index in [1.165, 1.54) is 0 Å². The van der Waals surface area contributed by atoms with Gasteiger partial charge in [0.1, 0.15) is 0 Å². The van der Waals surface area contributed by atoms with Crippen LogP contribution in [0.25, 0.3) is 0 Å². The zero-order valence-corrected chi connectivity index (χ0v) is 9.40. The lowest BCUT2D eigenvalue weighted by Gasteiger charge is -2.17. The van der Waals surface area contributed by atoms with Gasteiger partial charge < -0.3 is 10.2 Å². The highest BCUT2D eigenvalue weighted by atomic mass is 16.4. The molecular weight excluding hydrogens is 196 g/mol. The van der Waals surface area contributed by atoms with Gasteiger partial charge >= 0.3 is 11.9 Å². The first-order valence-corrected chi connectivity index (χ1v) is 5.45. The van der Waals surface area contributed by atoms with Crippen molar-refractivity contribution in [3.8, 4) is 0 Å². The number of hydrogen-bond acceptors (Lipinski definition) is 2. The Morgan fingerprint density at radius 1 is 1.13 bits per heavy atom. The van der Waals surface area contributed by atoms with E-state index < -0.39 is 11.9 Å². The monoisotopic (exact) mass is 216 g/mol. The Morgan fingerprint density at radius 3 is 2.07 bits per heavy atom. The van der Waals surface area contributed by atoms with E-state index in [9.17, 15) is 9.59 Å². The molecule has 0 saturated carbocycles. The molecule has 2 unspecified atom stereocenters. The van der Waals surface area contributed by atoms with Gasteiger partial charge in [-0.05, 0) is 25.2 Å². The Bertz CT molecular complexity index is 213. The standard InChI is InChI=1S/C11H20O4/c1-3-8(5-6-10(12)13)7-9(4-2)11(14)15/h8-9H,3-7H2,1-2H3,(H,12,13)(H,14,15). The molecule has 0 heterocycles. The maximum Gasteiger partial charge on any atom is 0.306 e. The lowest BCUT2D eigenvalue weighted by molar-refractivity contribution is -0.142. The molecule has 0 aromatic rings. The highest BCUT2D eigenvalue weighted by Gasteiger charge is 2.20. The largest absolute Gasteiger partial charge is 0.481 e. The van der Waals surface area contributed by atoms with Gasteiger partial charge in [0.15, 0.2) is 0 Å². The van der Waals surface area contributed by atoms with Crippen LogP contribution in [0.1, 0.15) is 46.0 Å². The van der Waals surface area contributed by atoms with Crippen molar-refractivity contribution < 1.29 is 19.8 Å². The zero-order valence-electron chi connectivity index (χ0n) is 9.40. The van der Waals surface area contributed by atoms with E-state index >= 15 is 0 Å². The van der Waals surface area contributed by atoms with Crippen molar-refractivity contribution in [2.45, 2.75) is 46.0 Å². The number of hydrogen-bond donors (Lipinski definition) is 2. The maximum atomic E-state index is 10.8. The highest BCUT2D eigenvalue weighted by Crippen LogP contribution is 2.22. The molecule has 4 nitrogen and oxygen atoms in total. The van der Waals surface area contributed by atoms with Gasteiger partial charge in [-0.15, -0.1) is 0 Å². The average molecular weight is 216 g/mol. The van der Waals surface area contributed by atoms with Gasteiger partial charge in [-0.1, -0.05) is 20.3 Å². The summed E-state index contributed by atoms with van der Waals surface area (Å²) in [6.07, 6.45) is 2.76. The first-order chi connectivity index (χ1) is 7.01. The van der Waals surface area contributed by atoms with Gasteiger partial charge in [-0.3, -0.25) is 9.59 Å². The van der Waals surface area contributed by atoms with Gasteiger partial charge in [0.25, 0.3) is 0 Å². The van der Waals surface area contributed by atoms with Gasteiger partial charge in [-0.25, -0.2) is 0 Å². The number of carboxylic acid groups (broad SMARTS) is 2. The summed E-state index contributed by atoms with van der Waals surface area (Å²) >= 11 is 0. The van der Waals surface area contributed by atoms with Crippen LogP contribution in [0.15, 0.2) is 0 Å². The second-order valence-electron chi connectivity index (χ2n) is 3.89. The summed E-state index contributed by atoms with van der Waals surface area (Å²) in [5.41, 5.74) is 0. The second kappa shape index (κ2) is 7.26. The Kier molecular flexibility index (Phi) is 6.75. The van der Waals surface area contributed by atoms with E-state index in [-0.39, 0.29) is 18.3 Å². The summed E-state index contributed by atoms with van der Waals surface area (Å²) in [4.78, 5) is 21.2. The van der Waals surface area contributed by atoms with Gasteiger partial charge in [-0.2, -0.15) is 0 Å². The van der Waals surface area contributed by atoms with Crippen molar-refractivity contribution in [3.05, 3.63) is 0 Å². The van der Waals surface area contributed by atoms with E-state index in [1.807, 2.05) is 13.8 Å². The third-order valence-corrected chi connectivity index (χ3v) is 2.80. The zero-order chi connectivity index (χ0) is 11.8. The van der Waals surface area contributed by atoms with E-state index in [0.717, 1.165) is 6.42 Å². The van der Waals surface area contributed by atoms with Crippen LogP contribution < -0.4 is 0 Å². The van der Waals surface area contributed by atoms with Crippen LogP contribution in [-0.4, -0.2) is 22.2 Å². The summed E-state index contributed by atoms with van der Waals surface area (Å²) in [7, 11) is 0. The molecule has 0 saturated heterocycles. The first kappa shape index (κ1) is 13.9. The smallest absolute Gasteiger partial charge is 0.306 e. The molecular formula is C11H20O4. The average Bonchev–Trinajstić information content (AvgIpc) is 2.17. The summed E-state index contributed by atoms with van der Waals surface area (Å²) in [5, 5.41) is 17.4.